The number of nitrogens with one attached hydrogen (secondary N) is 1. The highest BCUT2D eigenvalue weighted by Gasteiger charge is 2.21. The SMILES string of the molecule is CC(C)N(CCNc1ccccc1P(C(C)C)C(C)C)C(C)C. The predicted molar refractivity (Wildman–Crippen MR) is 109 cm³/mol. The lowest BCUT2D eigenvalue weighted by molar-refractivity contribution is 0.182. The molecule has 0 aliphatic rings. The maximum Gasteiger partial charge on any atom is 0.0418 e. The summed E-state index contributed by atoms with van der Waals surface area (Å²) in [5.41, 5.74) is 2.78. The van der Waals surface area contributed by atoms with Crippen molar-refractivity contribution in [2.45, 2.75) is 78.8 Å². The quantitative estimate of drug-likeness (QED) is 0.628. The van der Waals surface area contributed by atoms with E-state index in [1.165, 1.54) is 11.0 Å². The van der Waals surface area contributed by atoms with Gasteiger partial charge in [0.2, 0.25) is 0 Å². The number of hydrogen-bond acceptors (Lipinski definition) is 2. The van der Waals surface area contributed by atoms with Gasteiger partial charge in [-0.2, -0.15) is 0 Å². The molecule has 132 valence electrons. The van der Waals surface area contributed by atoms with Crippen LogP contribution in [0.15, 0.2) is 24.3 Å². The van der Waals surface area contributed by atoms with E-state index in [1.54, 1.807) is 0 Å². The largest absolute Gasteiger partial charge is 0.383 e. The molecule has 0 aromatic heterocycles. The van der Waals surface area contributed by atoms with Gasteiger partial charge in [0.05, 0.1) is 0 Å². The van der Waals surface area contributed by atoms with Crippen LogP contribution < -0.4 is 10.6 Å². The minimum Gasteiger partial charge on any atom is -0.383 e. The first kappa shape index (κ1) is 20.5. The van der Waals surface area contributed by atoms with Gasteiger partial charge in [-0.25, -0.2) is 0 Å². The molecule has 1 aromatic carbocycles. The van der Waals surface area contributed by atoms with Crippen molar-refractivity contribution in [3.8, 4) is 0 Å². The summed E-state index contributed by atoms with van der Waals surface area (Å²) in [6.07, 6.45) is 0. The Morgan fingerprint density at radius 2 is 1.39 bits per heavy atom. The van der Waals surface area contributed by atoms with Crippen LogP contribution in [0.5, 0.6) is 0 Å². The number of hydrogen-bond donors (Lipinski definition) is 1. The zero-order valence-corrected chi connectivity index (χ0v) is 17.3. The second-order valence-electron chi connectivity index (χ2n) is 7.46. The molecule has 0 saturated carbocycles. The molecule has 0 amide bonds. The van der Waals surface area contributed by atoms with Crippen LogP contribution in [0.4, 0.5) is 5.69 Å². The highest BCUT2D eigenvalue weighted by atomic mass is 31.1. The van der Waals surface area contributed by atoms with E-state index in [2.05, 4.69) is 89.9 Å². The molecule has 0 aliphatic carbocycles. The number of para-hydroxylation sites is 1. The van der Waals surface area contributed by atoms with Gasteiger partial charge >= 0.3 is 0 Å². The topological polar surface area (TPSA) is 15.3 Å². The first-order valence-electron chi connectivity index (χ1n) is 9.12. The van der Waals surface area contributed by atoms with Crippen LogP contribution in [0.25, 0.3) is 0 Å². The van der Waals surface area contributed by atoms with E-state index < -0.39 is 0 Å². The summed E-state index contributed by atoms with van der Waals surface area (Å²) < 4.78 is 0. The average Bonchev–Trinajstić information content (AvgIpc) is 2.43. The number of anilines is 1. The lowest BCUT2D eigenvalue weighted by Gasteiger charge is -2.31. The zero-order valence-electron chi connectivity index (χ0n) is 16.4. The molecular formula is C20H37N2P. The molecule has 1 N–H and O–H groups in total. The van der Waals surface area contributed by atoms with E-state index in [4.69, 9.17) is 0 Å². The van der Waals surface area contributed by atoms with Gasteiger partial charge in [-0.1, -0.05) is 53.8 Å². The van der Waals surface area contributed by atoms with E-state index >= 15 is 0 Å². The van der Waals surface area contributed by atoms with Gasteiger partial charge < -0.3 is 5.32 Å². The van der Waals surface area contributed by atoms with Crippen LogP contribution in [0, 0.1) is 0 Å². The monoisotopic (exact) mass is 336 g/mol. The second-order valence-corrected chi connectivity index (χ2v) is 10.8. The van der Waals surface area contributed by atoms with Crippen molar-refractivity contribution >= 4 is 18.9 Å². The fraction of sp³-hybridized carbons (Fsp3) is 0.700. The van der Waals surface area contributed by atoms with Gasteiger partial charge in [0.25, 0.3) is 0 Å². The fourth-order valence-corrected chi connectivity index (χ4v) is 6.43. The Morgan fingerprint density at radius 3 is 1.87 bits per heavy atom. The number of rotatable bonds is 9. The lowest BCUT2D eigenvalue weighted by Crippen LogP contribution is -2.40. The Kier molecular flexibility index (Phi) is 8.58. The molecule has 1 rings (SSSR count). The minimum atomic E-state index is -0.127. The molecule has 0 bridgehead atoms. The summed E-state index contributed by atoms with van der Waals surface area (Å²) in [4.78, 5) is 2.54. The molecule has 23 heavy (non-hydrogen) atoms. The molecular weight excluding hydrogens is 299 g/mol. The van der Waals surface area contributed by atoms with Crippen LogP contribution in [-0.4, -0.2) is 41.4 Å². The Morgan fingerprint density at radius 1 is 0.870 bits per heavy atom. The van der Waals surface area contributed by atoms with Crippen LogP contribution >= 0.6 is 7.92 Å². The molecule has 0 saturated heterocycles. The van der Waals surface area contributed by atoms with Crippen LogP contribution in [0.3, 0.4) is 0 Å². The van der Waals surface area contributed by atoms with Crippen molar-refractivity contribution in [3.05, 3.63) is 24.3 Å². The van der Waals surface area contributed by atoms with Gasteiger partial charge in [-0.3, -0.25) is 4.90 Å². The van der Waals surface area contributed by atoms with E-state index in [1.807, 2.05) is 0 Å². The van der Waals surface area contributed by atoms with Crippen molar-refractivity contribution < 1.29 is 0 Å². The third-order valence-corrected chi connectivity index (χ3v) is 7.48. The summed E-state index contributed by atoms with van der Waals surface area (Å²) in [6, 6.07) is 10.1. The second kappa shape index (κ2) is 9.64. The van der Waals surface area contributed by atoms with Crippen LogP contribution in [0.1, 0.15) is 55.4 Å². The minimum absolute atomic E-state index is 0.127. The van der Waals surface area contributed by atoms with Crippen molar-refractivity contribution in [2.75, 3.05) is 18.4 Å². The first-order valence-corrected chi connectivity index (χ1v) is 10.6. The van der Waals surface area contributed by atoms with E-state index in [0.29, 0.717) is 12.1 Å². The molecule has 0 heterocycles. The summed E-state index contributed by atoms with van der Waals surface area (Å²) in [7, 11) is -0.127. The Bertz CT molecular complexity index is 439. The zero-order chi connectivity index (χ0) is 17.6. The standard InChI is InChI=1S/C20H37N2P/c1-15(2)22(16(3)4)14-13-21-19-11-9-10-12-20(19)23(17(5)6)18(7)8/h9-12,15-18,21H,13-14H2,1-8H3. The van der Waals surface area contributed by atoms with Crippen molar-refractivity contribution in [2.24, 2.45) is 0 Å². The van der Waals surface area contributed by atoms with Gasteiger partial charge in [-0.15, -0.1) is 0 Å². The maximum atomic E-state index is 3.72. The number of nitrogens with zero attached hydrogens (tertiary/aromatic N) is 1. The van der Waals surface area contributed by atoms with Crippen LogP contribution in [-0.2, 0) is 0 Å². The van der Waals surface area contributed by atoms with Gasteiger partial charge in [0, 0.05) is 30.9 Å². The molecule has 0 fully saturated rings. The molecule has 0 unspecified atom stereocenters. The normalized spacial score (nSPS) is 12.4. The molecule has 0 radical (unpaired) electrons. The Balaban J connectivity index is 2.82. The third-order valence-electron chi connectivity index (χ3n) is 4.31. The van der Waals surface area contributed by atoms with Crippen molar-refractivity contribution in [1.82, 2.24) is 4.90 Å². The third kappa shape index (κ3) is 6.08. The molecule has 0 atom stereocenters. The van der Waals surface area contributed by atoms with E-state index in [-0.39, 0.29) is 7.92 Å². The summed E-state index contributed by atoms with van der Waals surface area (Å²) in [6.45, 7) is 20.7. The van der Waals surface area contributed by atoms with E-state index in [0.717, 1.165) is 24.4 Å². The van der Waals surface area contributed by atoms with E-state index in [9.17, 15) is 0 Å². The lowest BCUT2D eigenvalue weighted by atomic mass is 10.2. The molecule has 1 aromatic rings. The van der Waals surface area contributed by atoms with Gasteiger partial charge in [0.1, 0.15) is 0 Å². The maximum absolute atomic E-state index is 3.72. The molecule has 0 spiro atoms. The first-order chi connectivity index (χ1) is 10.8. The smallest absolute Gasteiger partial charge is 0.0418 e. The Hall–Kier alpha value is -0.590. The van der Waals surface area contributed by atoms with Gasteiger partial charge in [-0.05, 0) is 50.4 Å². The molecule has 3 heteroatoms. The van der Waals surface area contributed by atoms with Crippen molar-refractivity contribution in [1.29, 1.82) is 0 Å². The van der Waals surface area contributed by atoms with Crippen LogP contribution in [0.2, 0.25) is 0 Å². The highest BCUT2D eigenvalue weighted by Crippen LogP contribution is 2.46. The summed E-state index contributed by atoms with van der Waals surface area (Å²) in [5, 5.41) is 5.25. The fourth-order valence-electron chi connectivity index (χ4n) is 3.43. The number of benzene rings is 1. The highest BCUT2D eigenvalue weighted by molar-refractivity contribution is 7.67. The summed E-state index contributed by atoms with van der Waals surface area (Å²) >= 11 is 0. The molecule has 0 aliphatic heterocycles. The predicted octanol–water partition coefficient (Wildman–Crippen LogP) is 5.14. The van der Waals surface area contributed by atoms with Crippen molar-refractivity contribution in [3.63, 3.8) is 0 Å². The average molecular weight is 337 g/mol. The Labute approximate surface area is 145 Å². The molecule has 2 nitrogen and oxygen atoms in total. The van der Waals surface area contributed by atoms with Gasteiger partial charge in [0.15, 0.2) is 0 Å². The summed E-state index contributed by atoms with van der Waals surface area (Å²) in [5.74, 6) is 0.